The first-order valence-electron chi connectivity index (χ1n) is 7.64. The molecule has 4 aromatic rings. The molecule has 2 heterocycles. The molecule has 0 saturated heterocycles. The van der Waals surface area contributed by atoms with Crippen LogP contribution in [0.3, 0.4) is 0 Å². The normalized spacial score (nSPS) is 10.9. The largest absolute Gasteiger partial charge is 0.396 e. The summed E-state index contributed by atoms with van der Waals surface area (Å²) in [5.41, 5.74) is 10.9. The third kappa shape index (κ3) is 2.81. The molecule has 0 bridgehead atoms. The van der Waals surface area contributed by atoms with Crippen molar-refractivity contribution in [1.82, 2.24) is 9.97 Å². The first-order valence-corrected chi connectivity index (χ1v) is 8.46. The number of benzene rings is 2. The lowest BCUT2D eigenvalue weighted by Gasteiger charge is -2.08. The Morgan fingerprint density at radius 3 is 2.67 bits per heavy atom. The van der Waals surface area contributed by atoms with Crippen LogP contribution in [0.1, 0.15) is 5.56 Å². The number of fused-ring (bicyclic) bond motifs is 1. The minimum atomic E-state index is 0.628. The Bertz CT molecular complexity index is 1010. The quantitative estimate of drug-likeness (QED) is 0.554. The molecule has 0 atom stereocenters. The van der Waals surface area contributed by atoms with Crippen molar-refractivity contribution < 1.29 is 0 Å². The van der Waals surface area contributed by atoms with Gasteiger partial charge in [-0.3, -0.25) is 0 Å². The molecular weight excluding hydrogens is 316 g/mol. The first kappa shape index (κ1) is 14.7. The fourth-order valence-corrected chi connectivity index (χ4v) is 3.58. The summed E-state index contributed by atoms with van der Waals surface area (Å²) in [6.07, 6.45) is 1.72. The zero-order valence-corrected chi connectivity index (χ0v) is 14.0. The van der Waals surface area contributed by atoms with Crippen molar-refractivity contribution in [2.75, 3.05) is 11.1 Å². The molecule has 4 nitrogen and oxygen atoms in total. The second-order valence-corrected chi connectivity index (χ2v) is 6.66. The second kappa shape index (κ2) is 5.94. The van der Waals surface area contributed by atoms with E-state index in [1.165, 1.54) is 10.3 Å². The highest BCUT2D eigenvalue weighted by Gasteiger charge is 2.07. The Kier molecular flexibility index (Phi) is 3.63. The summed E-state index contributed by atoms with van der Waals surface area (Å²) in [6, 6.07) is 18.1. The Hall–Kier alpha value is -2.92. The molecule has 0 aliphatic heterocycles. The van der Waals surface area contributed by atoms with Gasteiger partial charge in [0.05, 0.1) is 15.9 Å². The molecule has 2 aromatic heterocycles. The number of aryl methyl sites for hydroxylation is 1. The second-order valence-electron chi connectivity index (χ2n) is 5.63. The van der Waals surface area contributed by atoms with Gasteiger partial charge < -0.3 is 11.1 Å². The number of nitrogens with two attached hydrogens (primary N) is 1. The third-order valence-corrected chi connectivity index (χ3v) is 4.84. The van der Waals surface area contributed by atoms with Gasteiger partial charge in [-0.25, -0.2) is 9.97 Å². The zero-order chi connectivity index (χ0) is 16.5. The molecule has 4 rings (SSSR count). The third-order valence-electron chi connectivity index (χ3n) is 3.78. The minimum Gasteiger partial charge on any atom is -0.396 e. The van der Waals surface area contributed by atoms with Crippen molar-refractivity contribution >= 4 is 38.7 Å². The molecular formula is C19H16N4S. The summed E-state index contributed by atoms with van der Waals surface area (Å²) in [7, 11) is 0. The number of pyridine rings is 1. The average Bonchev–Trinajstić information content (AvgIpc) is 3.01. The summed E-state index contributed by atoms with van der Waals surface area (Å²) in [5.74, 6) is 0.667. The predicted molar refractivity (Wildman–Crippen MR) is 102 cm³/mol. The highest BCUT2D eigenvalue weighted by atomic mass is 32.1. The molecule has 0 fully saturated rings. The maximum Gasteiger partial charge on any atom is 0.153 e. The molecule has 0 amide bonds. The Labute approximate surface area is 144 Å². The number of thiazole rings is 1. The summed E-state index contributed by atoms with van der Waals surface area (Å²) < 4.78 is 1.22. The number of nitrogen functional groups attached to an aromatic ring is 1. The van der Waals surface area contributed by atoms with E-state index in [0.717, 1.165) is 21.8 Å². The molecule has 0 aliphatic carbocycles. The van der Waals surface area contributed by atoms with Crippen LogP contribution >= 0.6 is 11.3 Å². The molecule has 3 N–H and O–H groups in total. The van der Waals surface area contributed by atoms with Gasteiger partial charge in [-0.05, 0) is 61.0 Å². The van der Waals surface area contributed by atoms with Crippen LogP contribution in [0.15, 0.2) is 60.8 Å². The zero-order valence-electron chi connectivity index (χ0n) is 13.2. The monoisotopic (exact) mass is 332 g/mol. The van der Waals surface area contributed by atoms with Crippen LogP contribution < -0.4 is 11.1 Å². The van der Waals surface area contributed by atoms with E-state index in [2.05, 4.69) is 47.6 Å². The summed E-state index contributed by atoms with van der Waals surface area (Å²) in [6.45, 7) is 2.10. The maximum atomic E-state index is 5.91. The molecule has 118 valence electrons. The minimum absolute atomic E-state index is 0.628. The van der Waals surface area contributed by atoms with Crippen molar-refractivity contribution in [3.63, 3.8) is 0 Å². The number of hydrogen-bond donors (Lipinski definition) is 2. The lowest BCUT2D eigenvalue weighted by Crippen LogP contribution is -1.98. The molecule has 0 spiro atoms. The summed E-state index contributed by atoms with van der Waals surface area (Å²) >= 11 is 1.71. The number of rotatable bonds is 3. The first-order chi connectivity index (χ1) is 11.7. The van der Waals surface area contributed by atoms with Gasteiger partial charge in [0, 0.05) is 17.4 Å². The lowest BCUT2D eigenvalue weighted by atomic mass is 10.2. The van der Waals surface area contributed by atoms with Gasteiger partial charge in [0.25, 0.3) is 0 Å². The van der Waals surface area contributed by atoms with Gasteiger partial charge in [0.1, 0.15) is 5.01 Å². The highest BCUT2D eigenvalue weighted by Crippen LogP contribution is 2.31. The molecule has 24 heavy (non-hydrogen) atoms. The van der Waals surface area contributed by atoms with Crippen LogP contribution in [0.25, 0.3) is 20.8 Å². The van der Waals surface area contributed by atoms with E-state index in [9.17, 15) is 0 Å². The molecule has 0 radical (unpaired) electrons. The van der Waals surface area contributed by atoms with Gasteiger partial charge in [-0.2, -0.15) is 0 Å². The fraction of sp³-hybridized carbons (Fsp3) is 0.0526. The van der Waals surface area contributed by atoms with Crippen molar-refractivity contribution in [1.29, 1.82) is 0 Å². The standard InChI is InChI=1S/C19H16N4S/c1-12-4-9-16-17(11-12)24-19(23-16)13-5-7-14(8-6-13)22-18-15(20)3-2-10-21-18/h2-11H,20H2,1H3,(H,21,22). The number of aromatic nitrogens is 2. The molecule has 0 saturated carbocycles. The van der Waals surface area contributed by atoms with Crippen molar-refractivity contribution in [3.8, 4) is 10.6 Å². The van der Waals surface area contributed by atoms with E-state index in [1.54, 1.807) is 17.5 Å². The van der Waals surface area contributed by atoms with Crippen molar-refractivity contribution in [2.24, 2.45) is 0 Å². The van der Waals surface area contributed by atoms with Crippen LogP contribution in [-0.2, 0) is 0 Å². The smallest absolute Gasteiger partial charge is 0.153 e. The van der Waals surface area contributed by atoms with E-state index in [0.29, 0.717) is 11.5 Å². The van der Waals surface area contributed by atoms with Gasteiger partial charge in [0.2, 0.25) is 0 Å². The Morgan fingerprint density at radius 1 is 1.04 bits per heavy atom. The number of nitrogens with zero attached hydrogens (tertiary/aromatic N) is 2. The molecule has 0 aliphatic rings. The van der Waals surface area contributed by atoms with Crippen LogP contribution in [-0.4, -0.2) is 9.97 Å². The van der Waals surface area contributed by atoms with Crippen molar-refractivity contribution in [2.45, 2.75) is 6.92 Å². The topological polar surface area (TPSA) is 63.8 Å². The van der Waals surface area contributed by atoms with E-state index in [-0.39, 0.29) is 0 Å². The average molecular weight is 332 g/mol. The lowest BCUT2D eigenvalue weighted by molar-refractivity contribution is 1.31. The SMILES string of the molecule is Cc1ccc2nc(-c3ccc(Nc4ncccc4N)cc3)sc2c1. The van der Waals surface area contributed by atoms with Crippen molar-refractivity contribution in [3.05, 3.63) is 66.4 Å². The number of hydrogen-bond acceptors (Lipinski definition) is 5. The van der Waals surface area contributed by atoms with E-state index >= 15 is 0 Å². The summed E-state index contributed by atoms with van der Waals surface area (Å²) in [5, 5.41) is 4.26. The van der Waals surface area contributed by atoms with Crippen LogP contribution in [0.2, 0.25) is 0 Å². The van der Waals surface area contributed by atoms with Gasteiger partial charge >= 0.3 is 0 Å². The van der Waals surface area contributed by atoms with E-state index in [4.69, 9.17) is 10.7 Å². The fourth-order valence-electron chi connectivity index (χ4n) is 2.51. The van der Waals surface area contributed by atoms with Crippen LogP contribution in [0.5, 0.6) is 0 Å². The van der Waals surface area contributed by atoms with Gasteiger partial charge in [0.15, 0.2) is 5.82 Å². The van der Waals surface area contributed by atoms with E-state index < -0.39 is 0 Å². The maximum absolute atomic E-state index is 5.91. The van der Waals surface area contributed by atoms with Crippen LogP contribution in [0.4, 0.5) is 17.2 Å². The number of nitrogens with one attached hydrogen (secondary N) is 1. The Morgan fingerprint density at radius 2 is 1.88 bits per heavy atom. The molecule has 2 aromatic carbocycles. The highest BCUT2D eigenvalue weighted by molar-refractivity contribution is 7.21. The Balaban J connectivity index is 1.62. The van der Waals surface area contributed by atoms with Crippen LogP contribution in [0, 0.1) is 6.92 Å². The van der Waals surface area contributed by atoms with E-state index in [1.807, 2.05) is 24.3 Å². The van der Waals surface area contributed by atoms with Gasteiger partial charge in [-0.15, -0.1) is 11.3 Å². The predicted octanol–water partition coefficient (Wildman–Crippen LogP) is 4.99. The molecule has 0 unspecified atom stereocenters. The molecule has 5 heteroatoms. The number of anilines is 3. The summed E-state index contributed by atoms with van der Waals surface area (Å²) in [4.78, 5) is 8.96. The van der Waals surface area contributed by atoms with Gasteiger partial charge in [-0.1, -0.05) is 6.07 Å².